The second-order valence-electron chi connectivity index (χ2n) is 5.47. The van der Waals surface area contributed by atoms with Crippen LogP contribution in [0.1, 0.15) is 59.3 Å². The molecule has 0 aromatic rings. The molecule has 0 saturated heterocycles. The number of carbonyl (C=O) groups excluding carboxylic acids is 2. The first-order valence-corrected chi connectivity index (χ1v) is 7.11. The van der Waals surface area contributed by atoms with Crippen molar-refractivity contribution in [1.29, 1.82) is 0 Å². The molecule has 4 nitrogen and oxygen atoms in total. The molecule has 0 unspecified atom stereocenters. The number of hydrogen-bond donors (Lipinski definition) is 0. The average Bonchev–Trinajstić information content (AvgIpc) is 2.39. The first kappa shape index (κ1) is 17.9. The molecule has 19 heavy (non-hydrogen) atoms. The van der Waals surface area contributed by atoms with Gasteiger partial charge in [0, 0.05) is 0 Å². The maximum atomic E-state index is 12.1. The van der Waals surface area contributed by atoms with Crippen LogP contribution in [0.15, 0.2) is 0 Å². The van der Waals surface area contributed by atoms with Crippen molar-refractivity contribution in [3.63, 3.8) is 0 Å². The second-order valence-corrected chi connectivity index (χ2v) is 5.47. The summed E-state index contributed by atoms with van der Waals surface area (Å²) in [6.45, 7) is 6.11. The van der Waals surface area contributed by atoms with Gasteiger partial charge in [-0.1, -0.05) is 46.5 Å². The van der Waals surface area contributed by atoms with E-state index in [2.05, 4.69) is 6.92 Å². The van der Waals surface area contributed by atoms with Crippen LogP contribution in [-0.4, -0.2) is 26.2 Å². The molecule has 4 heteroatoms. The van der Waals surface area contributed by atoms with E-state index in [1.165, 1.54) is 14.2 Å². The summed E-state index contributed by atoms with van der Waals surface area (Å²) < 4.78 is 9.71. The number of rotatable bonds is 9. The minimum absolute atomic E-state index is 0.226. The molecule has 0 rings (SSSR count). The van der Waals surface area contributed by atoms with Crippen molar-refractivity contribution < 1.29 is 19.1 Å². The quantitative estimate of drug-likeness (QED) is 0.367. The van der Waals surface area contributed by atoms with E-state index in [9.17, 15) is 9.59 Å². The fourth-order valence-electron chi connectivity index (χ4n) is 2.50. The molecule has 0 radical (unpaired) electrons. The molecule has 0 bridgehead atoms. The highest BCUT2D eigenvalue weighted by molar-refractivity contribution is 6.00. The van der Waals surface area contributed by atoms with Gasteiger partial charge in [-0.05, 0) is 18.8 Å². The van der Waals surface area contributed by atoms with Crippen molar-refractivity contribution in [2.24, 2.45) is 11.3 Å². The zero-order valence-electron chi connectivity index (χ0n) is 13.0. The Bertz CT molecular complexity index is 268. The van der Waals surface area contributed by atoms with E-state index in [1.807, 2.05) is 13.8 Å². The number of hydrogen-bond acceptors (Lipinski definition) is 4. The van der Waals surface area contributed by atoms with Gasteiger partial charge >= 0.3 is 11.9 Å². The summed E-state index contributed by atoms with van der Waals surface area (Å²) in [7, 11) is 2.65. The molecule has 0 saturated carbocycles. The van der Waals surface area contributed by atoms with Gasteiger partial charge in [-0.2, -0.15) is 0 Å². The van der Waals surface area contributed by atoms with E-state index in [4.69, 9.17) is 9.47 Å². The number of methoxy groups -OCH3 is 2. The molecule has 0 aliphatic carbocycles. The van der Waals surface area contributed by atoms with Crippen LogP contribution < -0.4 is 0 Å². The third-order valence-electron chi connectivity index (χ3n) is 3.37. The van der Waals surface area contributed by atoms with Crippen LogP contribution in [0.4, 0.5) is 0 Å². The molecule has 0 fully saturated rings. The summed E-state index contributed by atoms with van der Waals surface area (Å²) in [6.07, 6.45) is 5.06. The van der Waals surface area contributed by atoms with Crippen LogP contribution in [0.2, 0.25) is 0 Å². The molecule has 0 aromatic heterocycles. The van der Waals surface area contributed by atoms with Gasteiger partial charge in [0.05, 0.1) is 14.2 Å². The van der Waals surface area contributed by atoms with Crippen LogP contribution in [-0.2, 0) is 19.1 Å². The van der Waals surface area contributed by atoms with E-state index in [-0.39, 0.29) is 5.92 Å². The Balaban J connectivity index is 5.01. The van der Waals surface area contributed by atoms with Gasteiger partial charge in [0.2, 0.25) is 0 Å². The third-order valence-corrected chi connectivity index (χ3v) is 3.37. The van der Waals surface area contributed by atoms with Gasteiger partial charge in [-0.3, -0.25) is 9.59 Å². The predicted molar refractivity (Wildman–Crippen MR) is 74.7 cm³/mol. The number of ether oxygens (including phenoxy) is 2. The third kappa shape index (κ3) is 5.21. The molecule has 0 heterocycles. The molecule has 0 amide bonds. The summed E-state index contributed by atoms with van der Waals surface area (Å²) in [6, 6.07) is 0. The fraction of sp³-hybridized carbons (Fsp3) is 0.867. The SMILES string of the molecule is CCCCCCC(CC(C)C)(C(=O)OC)C(=O)OC. The topological polar surface area (TPSA) is 52.6 Å². The zero-order chi connectivity index (χ0) is 14.9. The van der Waals surface area contributed by atoms with Crippen LogP contribution in [0, 0.1) is 11.3 Å². The zero-order valence-corrected chi connectivity index (χ0v) is 13.0. The highest BCUT2D eigenvalue weighted by Gasteiger charge is 2.47. The van der Waals surface area contributed by atoms with Crippen LogP contribution >= 0.6 is 0 Å². The van der Waals surface area contributed by atoms with Gasteiger partial charge in [0.25, 0.3) is 0 Å². The Morgan fingerprint density at radius 2 is 1.53 bits per heavy atom. The molecule has 0 aliphatic heterocycles. The van der Waals surface area contributed by atoms with Crippen LogP contribution in [0.3, 0.4) is 0 Å². The smallest absolute Gasteiger partial charge is 0.323 e. The Morgan fingerprint density at radius 3 is 1.89 bits per heavy atom. The van der Waals surface area contributed by atoms with Crippen molar-refractivity contribution in [2.75, 3.05) is 14.2 Å². The minimum Gasteiger partial charge on any atom is -0.468 e. The van der Waals surface area contributed by atoms with E-state index >= 15 is 0 Å². The number of esters is 2. The molecular formula is C15H28O4. The first-order chi connectivity index (χ1) is 8.94. The molecular weight excluding hydrogens is 244 g/mol. The van der Waals surface area contributed by atoms with Crippen molar-refractivity contribution >= 4 is 11.9 Å². The Labute approximate surface area is 116 Å². The largest absolute Gasteiger partial charge is 0.468 e. The van der Waals surface area contributed by atoms with Gasteiger partial charge in [-0.15, -0.1) is 0 Å². The Hall–Kier alpha value is -1.06. The lowest BCUT2D eigenvalue weighted by molar-refractivity contribution is -0.171. The highest BCUT2D eigenvalue weighted by Crippen LogP contribution is 2.35. The van der Waals surface area contributed by atoms with Crippen LogP contribution in [0.25, 0.3) is 0 Å². The summed E-state index contributed by atoms with van der Waals surface area (Å²) in [5.74, 6) is -0.710. The lowest BCUT2D eigenvalue weighted by Crippen LogP contribution is -2.42. The van der Waals surface area contributed by atoms with Gasteiger partial charge < -0.3 is 9.47 Å². The van der Waals surface area contributed by atoms with Crippen LogP contribution in [0.5, 0.6) is 0 Å². The number of carbonyl (C=O) groups is 2. The highest BCUT2D eigenvalue weighted by atomic mass is 16.5. The van der Waals surface area contributed by atoms with Gasteiger partial charge in [0.1, 0.15) is 0 Å². The number of unbranched alkanes of at least 4 members (excludes halogenated alkanes) is 3. The summed E-state index contributed by atoms with van der Waals surface area (Å²) in [5, 5.41) is 0. The first-order valence-electron chi connectivity index (χ1n) is 7.11. The second kappa shape index (κ2) is 8.94. The maximum absolute atomic E-state index is 12.1. The van der Waals surface area contributed by atoms with Crippen molar-refractivity contribution in [2.45, 2.75) is 59.3 Å². The standard InChI is InChI=1S/C15H28O4/c1-6-7-8-9-10-15(11-12(2)3,13(16)18-4)14(17)19-5/h12H,6-11H2,1-5H3. The lowest BCUT2D eigenvalue weighted by atomic mass is 9.76. The van der Waals surface area contributed by atoms with E-state index in [0.29, 0.717) is 12.8 Å². The normalized spacial score (nSPS) is 11.5. The molecule has 0 spiro atoms. The lowest BCUT2D eigenvalue weighted by Gasteiger charge is -2.29. The molecule has 0 aromatic carbocycles. The summed E-state index contributed by atoms with van der Waals surface area (Å²) in [5.41, 5.74) is -1.13. The molecule has 112 valence electrons. The van der Waals surface area contributed by atoms with Crippen molar-refractivity contribution in [3.05, 3.63) is 0 Å². The van der Waals surface area contributed by atoms with E-state index in [1.54, 1.807) is 0 Å². The molecule has 0 aliphatic rings. The predicted octanol–water partition coefficient (Wildman–Crippen LogP) is 3.34. The fourth-order valence-corrected chi connectivity index (χ4v) is 2.50. The molecule has 0 atom stereocenters. The van der Waals surface area contributed by atoms with E-state index in [0.717, 1.165) is 25.7 Å². The average molecular weight is 272 g/mol. The monoisotopic (exact) mass is 272 g/mol. The Kier molecular flexibility index (Phi) is 8.44. The Morgan fingerprint density at radius 1 is 1.00 bits per heavy atom. The summed E-state index contributed by atoms with van der Waals surface area (Å²) in [4.78, 5) is 24.2. The summed E-state index contributed by atoms with van der Waals surface area (Å²) >= 11 is 0. The van der Waals surface area contributed by atoms with Crippen molar-refractivity contribution in [3.8, 4) is 0 Å². The maximum Gasteiger partial charge on any atom is 0.323 e. The van der Waals surface area contributed by atoms with E-state index < -0.39 is 17.4 Å². The van der Waals surface area contributed by atoms with Crippen molar-refractivity contribution in [1.82, 2.24) is 0 Å². The molecule has 0 N–H and O–H groups in total. The van der Waals surface area contributed by atoms with Gasteiger partial charge in [0.15, 0.2) is 5.41 Å². The van der Waals surface area contributed by atoms with Gasteiger partial charge in [-0.25, -0.2) is 0 Å². The minimum atomic E-state index is -1.13.